The molecule has 3 aromatic rings. The molecular weight excluding hydrogens is 465 g/mol. The number of nitrogens with zero attached hydrogens (tertiary/aromatic N) is 1. The van der Waals surface area contributed by atoms with Crippen molar-refractivity contribution in [1.29, 1.82) is 5.26 Å². The van der Waals surface area contributed by atoms with E-state index in [1.54, 1.807) is 18.2 Å². The van der Waals surface area contributed by atoms with Gasteiger partial charge in [-0.3, -0.25) is 4.79 Å². The molecule has 0 aliphatic rings. The van der Waals surface area contributed by atoms with Gasteiger partial charge in [-0.1, -0.05) is 28.1 Å². The maximum atomic E-state index is 12.3. The van der Waals surface area contributed by atoms with E-state index in [0.29, 0.717) is 11.5 Å². The lowest BCUT2D eigenvalue weighted by Crippen LogP contribution is -2.17. The van der Waals surface area contributed by atoms with Crippen LogP contribution in [0.5, 0.6) is 5.75 Å². The highest BCUT2D eigenvalue weighted by atomic mass is 79.9. The highest BCUT2D eigenvalue weighted by Crippen LogP contribution is 2.26. The van der Waals surface area contributed by atoms with Crippen molar-refractivity contribution in [2.75, 3.05) is 5.32 Å². The molecule has 0 saturated carbocycles. The van der Waals surface area contributed by atoms with Crippen LogP contribution in [0.25, 0.3) is 17.4 Å². The van der Waals surface area contributed by atoms with Crippen LogP contribution in [-0.2, 0) is 4.79 Å². The molecule has 30 heavy (non-hydrogen) atoms. The van der Waals surface area contributed by atoms with E-state index in [1.165, 1.54) is 18.2 Å². The Hall–Kier alpha value is -3.51. The van der Waals surface area contributed by atoms with E-state index in [-0.39, 0.29) is 11.3 Å². The molecule has 0 atom stereocenters. The van der Waals surface area contributed by atoms with Crippen LogP contribution < -0.4 is 10.1 Å². The van der Waals surface area contributed by atoms with Crippen molar-refractivity contribution in [3.8, 4) is 23.1 Å². The van der Waals surface area contributed by atoms with Gasteiger partial charge in [0.15, 0.2) is 0 Å². The summed E-state index contributed by atoms with van der Waals surface area (Å²) in [5.74, 6) is -0.295. The van der Waals surface area contributed by atoms with Crippen LogP contribution in [0.4, 0.5) is 18.9 Å². The van der Waals surface area contributed by atoms with Gasteiger partial charge < -0.3 is 14.5 Å². The molecule has 152 valence electrons. The lowest BCUT2D eigenvalue weighted by Gasteiger charge is -2.09. The molecule has 0 spiro atoms. The minimum Gasteiger partial charge on any atom is -0.457 e. The molecule has 0 aliphatic carbocycles. The van der Waals surface area contributed by atoms with Gasteiger partial charge >= 0.3 is 6.36 Å². The molecule has 0 saturated heterocycles. The Morgan fingerprint density at radius 3 is 2.33 bits per heavy atom. The zero-order chi connectivity index (χ0) is 21.7. The van der Waals surface area contributed by atoms with E-state index in [2.05, 4.69) is 26.0 Å². The highest BCUT2D eigenvalue weighted by Gasteiger charge is 2.31. The maximum Gasteiger partial charge on any atom is 0.573 e. The van der Waals surface area contributed by atoms with Gasteiger partial charge in [-0.15, -0.1) is 13.2 Å². The van der Waals surface area contributed by atoms with Crippen LogP contribution in [0.15, 0.2) is 75.1 Å². The fraction of sp³-hybridized carbons (Fsp3) is 0.0476. The van der Waals surface area contributed by atoms with Crippen molar-refractivity contribution >= 4 is 33.6 Å². The smallest absolute Gasteiger partial charge is 0.457 e. The number of nitrogens with one attached hydrogen (secondary N) is 1. The molecule has 3 rings (SSSR count). The quantitative estimate of drug-likeness (QED) is 0.353. The number of rotatable bonds is 5. The normalized spacial score (nSPS) is 11.6. The molecule has 1 aromatic heterocycles. The second-order valence-corrected chi connectivity index (χ2v) is 6.82. The number of alkyl halides is 3. The standard InChI is InChI=1S/C21H12BrF3N2O3/c22-15-3-1-13(2-4-15)19-10-9-18(29-19)11-14(12-26)20(28)27-16-5-7-17(8-6-16)30-21(23,24)25/h1-11H,(H,27,28)/b14-11+. The Kier molecular flexibility index (Phi) is 6.28. The third kappa shape index (κ3) is 5.75. The van der Waals surface area contributed by atoms with Gasteiger partial charge in [-0.25, -0.2) is 0 Å². The zero-order valence-electron chi connectivity index (χ0n) is 15.0. The Morgan fingerprint density at radius 1 is 1.07 bits per heavy atom. The molecule has 0 aliphatic heterocycles. The molecule has 2 aromatic carbocycles. The van der Waals surface area contributed by atoms with Crippen LogP contribution in [0.3, 0.4) is 0 Å². The monoisotopic (exact) mass is 476 g/mol. The van der Waals surface area contributed by atoms with E-state index in [1.807, 2.05) is 24.3 Å². The molecule has 0 radical (unpaired) electrons. The molecule has 1 heterocycles. The zero-order valence-corrected chi connectivity index (χ0v) is 16.6. The van der Waals surface area contributed by atoms with E-state index in [4.69, 9.17) is 4.42 Å². The van der Waals surface area contributed by atoms with Crippen LogP contribution in [0.1, 0.15) is 5.76 Å². The van der Waals surface area contributed by atoms with Crippen molar-refractivity contribution in [2.45, 2.75) is 6.36 Å². The number of ether oxygens (including phenoxy) is 1. The molecule has 1 amide bonds. The van der Waals surface area contributed by atoms with Crippen LogP contribution >= 0.6 is 15.9 Å². The summed E-state index contributed by atoms with van der Waals surface area (Å²) in [4.78, 5) is 12.3. The fourth-order valence-electron chi connectivity index (χ4n) is 2.43. The van der Waals surface area contributed by atoms with Gasteiger partial charge in [-0.2, -0.15) is 5.26 Å². The van der Waals surface area contributed by atoms with Gasteiger partial charge in [-0.05, 0) is 48.5 Å². The molecule has 0 fully saturated rings. The van der Waals surface area contributed by atoms with Crippen molar-refractivity contribution in [3.05, 3.63) is 76.5 Å². The average Bonchev–Trinajstić information content (AvgIpc) is 3.15. The Balaban J connectivity index is 1.71. The SMILES string of the molecule is N#C/C(=C\c1ccc(-c2ccc(Br)cc2)o1)C(=O)Nc1ccc(OC(F)(F)F)cc1. The number of benzene rings is 2. The number of nitriles is 1. The van der Waals surface area contributed by atoms with E-state index >= 15 is 0 Å². The number of hydrogen-bond donors (Lipinski definition) is 1. The predicted octanol–water partition coefficient (Wildman–Crippen LogP) is 6.15. The first-order valence-corrected chi connectivity index (χ1v) is 9.17. The number of carbonyl (C=O) groups is 1. The fourth-order valence-corrected chi connectivity index (χ4v) is 2.69. The molecule has 0 unspecified atom stereocenters. The summed E-state index contributed by atoms with van der Waals surface area (Å²) in [6, 6.07) is 17.1. The number of amides is 1. The predicted molar refractivity (Wildman–Crippen MR) is 107 cm³/mol. The van der Waals surface area contributed by atoms with Crippen molar-refractivity contribution < 1.29 is 27.1 Å². The summed E-state index contributed by atoms with van der Waals surface area (Å²) >= 11 is 3.35. The Bertz CT molecular complexity index is 1110. The number of carbonyl (C=O) groups excluding carboxylic acids is 1. The summed E-state index contributed by atoms with van der Waals surface area (Å²) in [6.45, 7) is 0. The van der Waals surface area contributed by atoms with Gasteiger partial charge in [0.2, 0.25) is 0 Å². The van der Waals surface area contributed by atoms with Crippen LogP contribution in [-0.4, -0.2) is 12.3 Å². The second kappa shape index (κ2) is 8.88. The highest BCUT2D eigenvalue weighted by molar-refractivity contribution is 9.10. The Morgan fingerprint density at radius 2 is 1.73 bits per heavy atom. The number of halogens is 4. The van der Waals surface area contributed by atoms with Gasteiger partial charge in [0, 0.05) is 21.8 Å². The topological polar surface area (TPSA) is 75.3 Å². The first kappa shape index (κ1) is 21.2. The average molecular weight is 477 g/mol. The van der Waals surface area contributed by atoms with E-state index in [9.17, 15) is 23.2 Å². The summed E-state index contributed by atoms with van der Waals surface area (Å²) < 4.78 is 46.9. The van der Waals surface area contributed by atoms with E-state index in [0.717, 1.165) is 22.2 Å². The van der Waals surface area contributed by atoms with Crippen LogP contribution in [0.2, 0.25) is 0 Å². The first-order valence-electron chi connectivity index (χ1n) is 8.38. The third-order valence-electron chi connectivity index (χ3n) is 3.75. The largest absolute Gasteiger partial charge is 0.573 e. The van der Waals surface area contributed by atoms with Crippen molar-refractivity contribution in [1.82, 2.24) is 0 Å². The Labute approximate surface area is 177 Å². The lowest BCUT2D eigenvalue weighted by molar-refractivity contribution is -0.274. The molecule has 5 nitrogen and oxygen atoms in total. The van der Waals surface area contributed by atoms with Gasteiger partial charge in [0.05, 0.1) is 0 Å². The third-order valence-corrected chi connectivity index (χ3v) is 4.28. The van der Waals surface area contributed by atoms with Gasteiger partial charge in [0.1, 0.15) is 28.9 Å². The summed E-state index contributed by atoms with van der Waals surface area (Å²) in [5.41, 5.74) is 0.787. The molecular formula is C21H12BrF3N2O3. The molecule has 1 N–H and O–H groups in total. The van der Waals surface area contributed by atoms with Crippen molar-refractivity contribution in [3.63, 3.8) is 0 Å². The molecule has 9 heteroatoms. The summed E-state index contributed by atoms with van der Waals surface area (Å²) in [5, 5.41) is 11.7. The lowest BCUT2D eigenvalue weighted by atomic mass is 10.2. The van der Waals surface area contributed by atoms with Crippen molar-refractivity contribution in [2.24, 2.45) is 0 Å². The number of anilines is 1. The van der Waals surface area contributed by atoms with Gasteiger partial charge in [0.25, 0.3) is 5.91 Å². The minimum absolute atomic E-state index is 0.200. The molecule has 0 bridgehead atoms. The minimum atomic E-state index is -4.81. The maximum absolute atomic E-state index is 12.3. The van der Waals surface area contributed by atoms with E-state index < -0.39 is 18.0 Å². The first-order chi connectivity index (χ1) is 14.2. The number of furan rings is 1. The second-order valence-electron chi connectivity index (χ2n) is 5.91. The number of hydrogen-bond acceptors (Lipinski definition) is 4. The summed E-state index contributed by atoms with van der Waals surface area (Å²) in [6.07, 6.45) is -3.53. The summed E-state index contributed by atoms with van der Waals surface area (Å²) in [7, 11) is 0. The van der Waals surface area contributed by atoms with Crippen LogP contribution in [0, 0.1) is 11.3 Å².